The van der Waals surface area contributed by atoms with E-state index in [0.29, 0.717) is 0 Å². The lowest BCUT2D eigenvalue weighted by atomic mass is 10.1. The van der Waals surface area contributed by atoms with E-state index in [2.05, 4.69) is 15.4 Å². The summed E-state index contributed by atoms with van der Waals surface area (Å²) in [5.74, 6) is -2.49. The molecule has 0 aromatic heterocycles. The van der Waals surface area contributed by atoms with Crippen molar-refractivity contribution in [3.63, 3.8) is 0 Å². The van der Waals surface area contributed by atoms with Crippen LogP contribution in [0.3, 0.4) is 0 Å². The van der Waals surface area contributed by atoms with E-state index >= 15 is 0 Å². The Balaban J connectivity index is 1.64. The number of rotatable bonds is 5. The van der Waals surface area contributed by atoms with E-state index in [1.54, 1.807) is 0 Å². The maximum Gasteiger partial charge on any atom is 0.261 e. The van der Waals surface area contributed by atoms with Crippen LogP contribution in [-0.2, 0) is 10.0 Å². The fourth-order valence-corrected chi connectivity index (χ4v) is 4.18. The molecule has 1 heterocycles. The second kappa shape index (κ2) is 7.65. The number of hydrogen-bond donors (Lipinski definition) is 3. The second-order valence-electron chi connectivity index (χ2n) is 6.57. The van der Waals surface area contributed by atoms with Gasteiger partial charge in [0.15, 0.2) is 0 Å². The van der Waals surface area contributed by atoms with Gasteiger partial charge in [-0.05, 0) is 48.5 Å². The molecule has 3 aromatic carbocycles. The first-order valence-electron chi connectivity index (χ1n) is 8.94. The number of para-hydroxylation sites is 1. The highest BCUT2D eigenvalue weighted by molar-refractivity contribution is 7.92. The van der Waals surface area contributed by atoms with E-state index in [-0.39, 0.29) is 33.0 Å². The summed E-state index contributed by atoms with van der Waals surface area (Å²) in [5, 5.41) is 4.70. The highest BCUT2D eigenvalue weighted by Crippen LogP contribution is 2.26. The number of nitrogens with one attached hydrogen (secondary N) is 3. The highest BCUT2D eigenvalue weighted by Gasteiger charge is 2.30. The van der Waals surface area contributed by atoms with Crippen LogP contribution in [0, 0.1) is 5.82 Å². The maximum absolute atomic E-state index is 13.1. The van der Waals surface area contributed by atoms with Gasteiger partial charge in [0.25, 0.3) is 27.7 Å². The molecule has 0 saturated heterocycles. The quantitative estimate of drug-likeness (QED) is 0.528. The number of carbonyl (C=O) groups excluding carboxylic acids is 3. The molecule has 4 rings (SSSR count). The molecule has 0 aliphatic carbocycles. The van der Waals surface area contributed by atoms with Crippen molar-refractivity contribution in [3.05, 3.63) is 89.2 Å². The molecule has 31 heavy (non-hydrogen) atoms. The monoisotopic (exact) mass is 439 g/mol. The summed E-state index contributed by atoms with van der Waals surface area (Å²) in [6.45, 7) is 0. The van der Waals surface area contributed by atoms with Gasteiger partial charge in [-0.3, -0.25) is 24.4 Å². The molecule has 10 heteroatoms. The number of sulfonamides is 1. The molecule has 0 saturated carbocycles. The third-order valence-electron chi connectivity index (χ3n) is 4.55. The van der Waals surface area contributed by atoms with E-state index < -0.39 is 33.6 Å². The van der Waals surface area contributed by atoms with Crippen LogP contribution in [-0.4, -0.2) is 26.1 Å². The fraction of sp³-hybridized carbons (Fsp3) is 0. The van der Waals surface area contributed by atoms with Crippen LogP contribution in [0.15, 0.2) is 71.6 Å². The summed E-state index contributed by atoms with van der Waals surface area (Å²) in [5.41, 5.74) is 0.244. The molecule has 8 nitrogen and oxygen atoms in total. The molecule has 0 radical (unpaired) electrons. The molecule has 3 N–H and O–H groups in total. The molecular formula is C21H14FN3O5S. The zero-order valence-electron chi connectivity index (χ0n) is 15.7. The summed E-state index contributed by atoms with van der Waals surface area (Å²) in [6, 6.07) is 14.5. The lowest BCUT2D eigenvalue weighted by Gasteiger charge is -2.13. The average molecular weight is 439 g/mol. The molecule has 3 aromatic rings. The van der Waals surface area contributed by atoms with Gasteiger partial charge in [0.05, 0.1) is 33.0 Å². The van der Waals surface area contributed by atoms with Crippen LogP contribution >= 0.6 is 0 Å². The third-order valence-corrected chi connectivity index (χ3v) is 5.93. The van der Waals surface area contributed by atoms with Crippen molar-refractivity contribution in [2.24, 2.45) is 0 Å². The van der Waals surface area contributed by atoms with E-state index in [0.717, 1.165) is 24.3 Å². The van der Waals surface area contributed by atoms with E-state index in [1.807, 2.05) is 0 Å². The zero-order chi connectivity index (χ0) is 22.2. The molecule has 0 bridgehead atoms. The van der Waals surface area contributed by atoms with Gasteiger partial charge in [-0.15, -0.1) is 0 Å². The zero-order valence-corrected chi connectivity index (χ0v) is 16.5. The topological polar surface area (TPSA) is 121 Å². The average Bonchev–Trinajstić information content (AvgIpc) is 3.03. The Morgan fingerprint density at radius 1 is 0.839 bits per heavy atom. The first-order chi connectivity index (χ1) is 14.8. The number of imide groups is 1. The number of benzene rings is 3. The molecule has 1 aliphatic heterocycles. The Hall–Kier alpha value is -4.05. The molecule has 3 amide bonds. The minimum atomic E-state index is -4.09. The number of hydrogen-bond acceptors (Lipinski definition) is 5. The highest BCUT2D eigenvalue weighted by atomic mass is 32.2. The minimum absolute atomic E-state index is 0.0163. The lowest BCUT2D eigenvalue weighted by Crippen LogP contribution is -2.21. The number of amides is 3. The first kappa shape index (κ1) is 20.2. The molecular weight excluding hydrogens is 425 g/mol. The van der Waals surface area contributed by atoms with Gasteiger partial charge >= 0.3 is 0 Å². The van der Waals surface area contributed by atoms with Crippen LogP contribution in [0.4, 0.5) is 15.8 Å². The Morgan fingerprint density at radius 3 is 2.26 bits per heavy atom. The van der Waals surface area contributed by atoms with Crippen molar-refractivity contribution in [2.45, 2.75) is 4.90 Å². The Bertz CT molecular complexity index is 1340. The molecule has 0 fully saturated rings. The summed E-state index contributed by atoms with van der Waals surface area (Å²) in [7, 11) is -4.09. The van der Waals surface area contributed by atoms with Gasteiger partial charge in [-0.25, -0.2) is 12.8 Å². The number of carbonyl (C=O) groups is 3. The predicted octanol–water partition coefficient (Wildman–Crippen LogP) is 2.76. The Morgan fingerprint density at radius 2 is 1.52 bits per heavy atom. The van der Waals surface area contributed by atoms with Gasteiger partial charge in [0.2, 0.25) is 0 Å². The summed E-state index contributed by atoms with van der Waals surface area (Å²) in [4.78, 5) is 36.6. The fourth-order valence-electron chi connectivity index (χ4n) is 3.10. The Labute approximate surface area is 176 Å². The van der Waals surface area contributed by atoms with Crippen molar-refractivity contribution >= 4 is 39.1 Å². The smallest absolute Gasteiger partial charge is 0.261 e. The van der Waals surface area contributed by atoms with Crippen LogP contribution in [0.25, 0.3) is 0 Å². The van der Waals surface area contributed by atoms with Crippen LogP contribution in [0.1, 0.15) is 31.1 Å². The van der Waals surface area contributed by atoms with Gasteiger partial charge in [0.1, 0.15) is 5.82 Å². The second-order valence-corrected chi connectivity index (χ2v) is 8.25. The van der Waals surface area contributed by atoms with Crippen molar-refractivity contribution in [1.82, 2.24) is 5.32 Å². The minimum Gasteiger partial charge on any atom is -0.321 e. The van der Waals surface area contributed by atoms with Gasteiger partial charge < -0.3 is 5.32 Å². The lowest BCUT2D eigenvalue weighted by molar-refractivity contribution is 0.0879. The van der Waals surface area contributed by atoms with Gasteiger partial charge in [-0.2, -0.15) is 0 Å². The molecule has 156 valence electrons. The van der Waals surface area contributed by atoms with Crippen LogP contribution in [0.2, 0.25) is 0 Å². The van der Waals surface area contributed by atoms with Crippen LogP contribution in [0.5, 0.6) is 0 Å². The SMILES string of the molecule is O=C(Nc1cccc2c1C(=O)NC2=O)c1ccccc1NS(=O)(=O)c1ccc(F)cc1. The van der Waals surface area contributed by atoms with Gasteiger partial charge in [0, 0.05) is 0 Å². The summed E-state index contributed by atoms with van der Waals surface area (Å²) >= 11 is 0. The third kappa shape index (κ3) is 3.88. The van der Waals surface area contributed by atoms with Crippen molar-refractivity contribution in [3.8, 4) is 0 Å². The molecule has 1 aliphatic rings. The summed E-state index contributed by atoms with van der Waals surface area (Å²) in [6.07, 6.45) is 0. The maximum atomic E-state index is 13.1. The first-order valence-corrected chi connectivity index (χ1v) is 10.4. The van der Waals surface area contributed by atoms with E-state index in [4.69, 9.17) is 0 Å². The predicted molar refractivity (Wildman–Crippen MR) is 110 cm³/mol. The van der Waals surface area contributed by atoms with E-state index in [9.17, 15) is 27.2 Å². The van der Waals surface area contributed by atoms with Crippen molar-refractivity contribution in [1.29, 1.82) is 0 Å². The van der Waals surface area contributed by atoms with E-state index in [1.165, 1.54) is 42.5 Å². The molecule has 0 spiro atoms. The van der Waals surface area contributed by atoms with Gasteiger partial charge in [-0.1, -0.05) is 18.2 Å². The number of fused-ring (bicyclic) bond motifs is 1. The number of anilines is 2. The van der Waals surface area contributed by atoms with Crippen molar-refractivity contribution < 1.29 is 27.2 Å². The molecule has 0 unspecified atom stereocenters. The molecule has 0 atom stereocenters. The van der Waals surface area contributed by atoms with Crippen molar-refractivity contribution in [2.75, 3.05) is 10.0 Å². The summed E-state index contributed by atoms with van der Waals surface area (Å²) < 4.78 is 40.7. The largest absolute Gasteiger partial charge is 0.321 e. The standard InChI is InChI=1S/C21H14FN3O5S/c22-12-8-10-13(11-9-12)31(29,30)25-16-6-2-1-4-14(16)19(26)23-17-7-3-5-15-18(17)21(28)24-20(15)27/h1-11,25H,(H,23,26)(H,24,27,28). The van der Waals surface area contributed by atoms with Crippen LogP contribution < -0.4 is 15.4 Å². The normalized spacial score (nSPS) is 12.8. The number of halogens is 1. The Kier molecular flexibility index (Phi) is 4.99.